The maximum Gasteiger partial charge on any atom is 0.417 e. The molecule has 0 spiro atoms. The molecule has 0 unspecified atom stereocenters. The van der Waals surface area contributed by atoms with Crippen molar-refractivity contribution in [2.45, 2.75) is 6.18 Å². The molecule has 0 radical (unpaired) electrons. The summed E-state index contributed by atoms with van der Waals surface area (Å²) in [4.78, 5) is 26.8. The van der Waals surface area contributed by atoms with Crippen LogP contribution in [0.5, 0.6) is 11.5 Å². The number of amides is 2. The number of ether oxygens (including phenoxy) is 1. The number of alkyl halides is 3. The maximum absolute atomic E-state index is 12.9. The SMILES string of the molecule is O=C(O)/C=C/c1cc(Oc2ccc(NC(=O)Nc3cccc(C(F)(F)F)c3Cl)cc2)ccn1. The Morgan fingerprint density at radius 2 is 1.76 bits per heavy atom. The number of aromatic nitrogens is 1. The van der Waals surface area contributed by atoms with Crippen molar-refractivity contribution >= 4 is 41.1 Å². The summed E-state index contributed by atoms with van der Waals surface area (Å²) in [5.74, 6) is -0.278. The van der Waals surface area contributed by atoms with Gasteiger partial charge in [0.2, 0.25) is 0 Å². The van der Waals surface area contributed by atoms with Crippen LogP contribution in [0.4, 0.5) is 29.3 Å². The molecule has 2 aromatic carbocycles. The Labute approximate surface area is 190 Å². The van der Waals surface area contributed by atoms with E-state index in [1.807, 2.05) is 0 Å². The Kier molecular flexibility index (Phi) is 7.19. The quantitative estimate of drug-likeness (QED) is 0.362. The number of hydrogen-bond donors (Lipinski definition) is 3. The molecule has 0 aliphatic rings. The number of carboxylic acid groups (broad SMARTS) is 1. The first-order valence-corrected chi connectivity index (χ1v) is 9.58. The van der Waals surface area contributed by atoms with E-state index < -0.39 is 28.8 Å². The molecule has 170 valence electrons. The normalized spacial score (nSPS) is 11.3. The highest BCUT2D eigenvalue weighted by atomic mass is 35.5. The molecule has 0 bridgehead atoms. The summed E-state index contributed by atoms with van der Waals surface area (Å²) in [5.41, 5.74) is -0.503. The number of carboxylic acids is 1. The van der Waals surface area contributed by atoms with Crippen LogP contribution in [0.15, 0.2) is 66.9 Å². The van der Waals surface area contributed by atoms with Crippen LogP contribution < -0.4 is 15.4 Å². The fraction of sp³-hybridized carbons (Fsp3) is 0.0455. The lowest BCUT2D eigenvalue weighted by Crippen LogP contribution is -2.20. The second kappa shape index (κ2) is 10.0. The van der Waals surface area contributed by atoms with Crippen LogP contribution >= 0.6 is 11.6 Å². The van der Waals surface area contributed by atoms with Crippen LogP contribution in [0.1, 0.15) is 11.3 Å². The predicted octanol–water partition coefficient (Wildman–Crippen LogP) is 6.29. The fourth-order valence-electron chi connectivity index (χ4n) is 2.61. The molecule has 0 aliphatic carbocycles. The van der Waals surface area contributed by atoms with Gasteiger partial charge in [-0.1, -0.05) is 17.7 Å². The van der Waals surface area contributed by atoms with Crippen LogP contribution in [0.25, 0.3) is 6.08 Å². The standard InChI is InChI=1S/C22H15ClF3N3O4/c23-20-17(22(24,25)26)2-1-3-18(20)29-21(32)28-13-4-7-15(8-5-13)33-16-10-11-27-14(12-16)6-9-19(30)31/h1-12H,(H,30,31)(H2,28,29,32)/b9-6+. The van der Waals surface area contributed by atoms with Gasteiger partial charge in [-0.2, -0.15) is 13.2 Å². The lowest BCUT2D eigenvalue weighted by molar-refractivity contribution is -0.137. The minimum atomic E-state index is -4.65. The predicted molar refractivity (Wildman–Crippen MR) is 117 cm³/mol. The minimum absolute atomic E-state index is 0.186. The number of urea groups is 1. The number of anilines is 2. The monoisotopic (exact) mass is 477 g/mol. The van der Waals surface area contributed by atoms with Gasteiger partial charge in [0, 0.05) is 24.0 Å². The molecule has 2 amide bonds. The molecule has 7 nitrogen and oxygen atoms in total. The third-order valence-corrected chi connectivity index (χ3v) is 4.46. The fourth-order valence-corrected chi connectivity index (χ4v) is 2.89. The number of halogens is 4. The van der Waals surface area contributed by atoms with Gasteiger partial charge in [-0.05, 0) is 48.5 Å². The minimum Gasteiger partial charge on any atom is -0.478 e. The molecule has 0 atom stereocenters. The van der Waals surface area contributed by atoms with Crippen molar-refractivity contribution < 1.29 is 32.6 Å². The molecule has 0 saturated heterocycles. The van der Waals surface area contributed by atoms with Gasteiger partial charge in [0.25, 0.3) is 0 Å². The van der Waals surface area contributed by atoms with Gasteiger partial charge in [-0.3, -0.25) is 4.98 Å². The molecule has 3 aromatic rings. The zero-order chi connectivity index (χ0) is 24.0. The van der Waals surface area contributed by atoms with Crippen LogP contribution in [0, 0.1) is 0 Å². The Balaban J connectivity index is 1.63. The summed E-state index contributed by atoms with van der Waals surface area (Å²) >= 11 is 5.77. The van der Waals surface area contributed by atoms with Gasteiger partial charge in [0.15, 0.2) is 0 Å². The van der Waals surface area contributed by atoms with E-state index >= 15 is 0 Å². The Bertz CT molecular complexity index is 1200. The topological polar surface area (TPSA) is 101 Å². The number of hydrogen-bond acceptors (Lipinski definition) is 4. The summed E-state index contributed by atoms with van der Waals surface area (Å²) in [6, 6.07) is 11.7. The highest BCUT2D eigenvalue weighted by Crippen LogP contribution is 2.38. The van der Waals surface area contributed by atoms with Gasteiger partial charge >= 0.3 is 18.2 Å². The van der Waals surface area contributed by atoms with E-state index in [1.165, 1.54) is 36.5 Å². The van der Waals surface area contributed by atoms with Crippen molar-refractivity contribution in [3.63, 3.8) is 0 Å². The first-order valence-electron chi connectivity index (χ1n) is 9.20. The lowest BCUT2D eigenvalue weighted by Gasteiger charge is -2.14. The Morgan fingerprint density at radius 1 is 1.03 bits per heavy atom. The second-order valence-corrected chi connectivity index (χ2v) is 6.84. The lowest BCUT2D eigenvalue weighted by atomic mass is 10.2. The summed E-state index contributed by atoms with van der Waals surface area (Å²) < 4.78 is 44.5. The van der Waals surface area contributed by atoms with Gasteiger partial charge in [0.05, 0.1) is 22.0 Å². The Morgan fingerprint density at radius 3 is 2.42 bits per heavy atom. The number of carbonyl (C=O) groups is 2. The van der Waals surface area contributed by atoms with Crippen molar-refractivity contribution in [2.75, 3.05) is 10.6 Å². The molecule has 0 fully saturated rings. The summed E-state index contributed by atoms with van der Waals surface area (Å²) in [6.07, 6.45) is -0.930. The maximum atomic E-state index is 12.9. The smallest absolute Gasteiger partial charge is 0.417 e. The molecule has 33 heavy (non-hydrogen) atoms. The molecule has 0 aliphatic heterocycles. The highest BCUT2D eigenvalue weighted by Gasteiger charge is 2.34. The number of nitrogens with one attached hydrogen (secondary N) is 2. The highest BCUT2D eigenvalue weighted by molar-refractivity contribution is 6.34. The first kappa shape index (κ1) is 23.6. The number of pyridine rings is 1. The van der Waals surface area contributed by atoms with E-state index in [9.17, 15) is 22.8 Å². The number of aliphatic carboxylic acids is 1. The van der Waals surface area contributed by atoms with Gasteiger partial charge < -0.3 is 20.5 Å². The molecule has 3 rings (SSSR count). The summed E-state index contributed by atoms with van der Waals surface area (Å²) in [5, 5.41) is 12.8. The van der Waals surface area contributed by atoms with Crippen molar-refractivity contribution in [3.8, 4) is 11.5 Å². The van der Waals surface area contributed by atoms with Crippen molar-refractivity contribution in [1.82, 2.24) is 4.98 Å². The van der Waals surface area contributed by atoms with Gasteiger partial charge in [-0.25, -0.2) is 9.59 Å². The summed E-state index contributed by atoms with van der Waals surface area (Å²) in [7, 11) is 0. The zero-order valence-corrected chi connectivity index (χ0v) is 17.3. The van der Waals surface area contributed by atoms with Crippen LogP contribution in [0.2, 0.25) is 5.02 Å². The van der Waals surface area contributed by atoms with Gasteiger partial charge in [-0.15, -0.1) is 0 Å². The zero-order valence-electron chi connectivity index (χ0n) is 16.6. The molecule has 1 heterocycles. The number of nitrogens with zero attached hydrogens (tertiary/aromatic N) is 1. The number of carbonyl (C=O) groups excluding carboxylic acids is 1. The third kappa shape index (κ3) is 6.71. The number of benzene rings is 2. The molecule has 11 heteroatoms. The van der Waals surface area contributed by atoms with E-state index in [0.717, 1.165) is 18.2 Å². The molecule has 1 aromatic heterocycles. The average Bonchev–Trinajstić information content (AvgIpc) is 2.74. The van der Waals surface area contributed by atoms with E-state index in [-0.39, 0.29) is 5.69 Å². The average molecular weight is 478 g/mol. The van der Waals surface area contributed by atoms with Gasteiger partial charge in [0.1, 0.15) is 11.5 Å². The largest absolute Gasteiger partial charge is 0.478 e. The molecule has 3 N–H and O–H groups in total. The van der Waals surface area contributed by atoms with Crippen molar-refractivity contribution in [2.24, 2.45) is 0 Å². The summed E-state index contributed by atoms with van der Waals surface area (Å²) in [6.45, 7) is 0. The third-order valence-electron chi connectivity index (χ3n) is 4.05. The molecule has 0 saturated carbocycles. The van der Waals surface area contributed by atoms with Crippen molar-refractivity contribution in [3.05, 3.63) is 83.2 Å². The molecular weight excluding hydrogens is 463 g/mol. The van der Waals surface area contributed by atoms with E-state index in [4.69, 9.17) is 21.4 Å². The van der Waals surface area contributed by atoms with E-state index in [1.54, 1.807) is 18.2 Å². The second-order valence-electron chi connectivity index (χ2n) is 6.46. The first-order chi connectivity index (χ1) is 15.6. The van der Waals surface area contributed by atoms with Crippen LogP contribution in [-0.4, -0.2) is 22.1 Å². The van der Waals surface area contributed by atoms with Crippen LogP contribution in [-0.2, 0) is 11.0 Å². The Hall–Kier alpha value is -4.05. The van der Waals surface area contributed by atoms with Crippen molar-refractivity contribution in [1.29, 1.82) is 0 Å². The number of rotatable bonds is 6. The molecular formula is C22H15ClF3N3O4. The van der Waals surface area contributed by atoms with Crippen LogP contribution in [0.3, 0.4) is 0 Å². The van der Waals surface area contributed by atoms with E-state index in [2.05, 4.69) is 15.6 Å². The van der Waals surface area contributed by atoms with E-state index in [0.29, 0.717) is 22.9 Å².